The summed E-state index contributed by atoms with van der Waals surface area (Å²) in [6.45, 7) is 4.46. The van der Waals surface area contributed by atoms with Gasteiger partial charge in [-0.05, 0) is 30.4 Å². The second kappa shape index (κ2) is 5.41. The molecule has 0 spiro atoms. The maximum Gasteiger partial charge on any atom is 0.339 e. The van der Waals surface area contributed by atoms with E-state index in [1.54, 1.807) is 18.2 Å². The molecule has 104 valence electrons. The molecule has 1 saturated carbocycles. The van der Waals surface area contributed by atoms with Gasteiger partial charge in [-0.25, -0.2) is 4.79 Å². The molecule has 0 radical (unpaired) electrons. The fraction of sp³-hybridized carbons (Fsp3) is 0.533. The van der Waals surface area contributed by atoms with Gasteiger partial charge in [0.25, 0.3) is 0 Å². The highest BCUT2D eigenvalue weighted by Gasteiger charge is 2.32. The molecule has 1 aliphatic rings. The third-order valence-electron chi connectivity index (χ3n) is 4.06. The Hall–Kier alpha value is -1.22. The lowest BCUT2D eigenvalue weighted by molar-refractivity contribution is 0.0698. The van der Waals surface area contributed by atoms with Crippen molar-refractivity contribution in [1.82, 2.24) is 0 Å². The Balaban J connectivity index is 2.28. The monoisotopic (exact) mass is 281 g/mol. The first-order chi connectivity index (χ1) is 8.92. The predicted octanol–water partition coefficient (Wildman–Crippen LogP) is 4.42. The van der Waals surface area contributed by atoms with Crippen LogP contribution < -0.4 is 5.32 Å². The van der Waals surface area contributed by atoms with Crippen LogP contribution in [-0.4, -0.2) is 17.1 Å². The topological polar surface area (TPSA) is 49.3 Å². The number of halogens is 1. The van der Waals surface area contributed by atoms with Crippen molar-refractivity contribution in [2.45, 2.75) is 45.6 Å². The molecular formula is C15H20ClNO2. The van der Waals surface area contributed by atoms with Crippen LogP contribution in [-0.2, 0) is 0 Å². The standard InChI is InChI=1S/C15H20ClNO2/c1-15(2)9-4-3-8-12(15)17-11-7-5-6-10(16)13(11)14(18)19/h5-7,12,17H,3-4,8-9H2,1-2H3,(H,18,19). The van der Waals surface area contributed by atoms with Gasteiger partial charge in [0.1, 0.15) is 5.56 Å². The van der Waals surface area contributed by atoms with E-state index in [9.17, 15) is 9.90 Å². The molecular weight excluding hydrogens is 262 g/mol. The molecule has 2 rings (SSSR count). The fourth-order valence-electron chi connectivity index (χ4n) is 2.81. The molecule has 2 N–H and O–H groups in total. The van der Waals surface area contributed by atoms with Crippen molar-refractivity contribution in [2.24, 2.45) is 5.41 Å². The lowest BCUT2D eigenvalue weighted by Crippen LogP contribution is -2.39. The molecule has 0 amide bonds. The predicted molar refractivity (Wildman–Crippen MR) is 78.1 cm³/mol. The van der Waals surface area contributed by atoms with Crippen LogP contribution >= 0.6 is 11.6 Å². The first-order valence-electron chi connectivity index (χ1n) is 6.70. The van der Waals surface area contributed by atoms with E-state index in [2.05, 4.69) is 19.2 Å². The molecule has 1 atom stereocenters. The molecule has 1 aliphatic carbocycles. The normalized spacial score (nSPS) is 21.9. The van der Waals surface area contributed by atoms with Crippen LogP contribution in [0, 0.1) is 5.41 Å². The number of benzene rings is 1. The van der Waals surface area contributed by atoms with E-state index in [0.29, 0.717) is 5.69 Å². The summed E-state index contributed by atoms with van der Waals surface area (Å²) >= 11 is 5.99. The van der Waals surface area contributed by atoms with Gasteiger partial charge in [0.05, 0.1) is 10.7 Å². The minimum atomic E-state index is -0.985. The first-order valence-corrected chi connectivity index (χ1v) is 7.08. The number of carboxylic acid groups (broad SMARTS) is 1. The minimum absolute atomic E-state index is 0.172. The van der Waals surface area contributed by atoms with Crippen molar-refractivity contribution in [1.29, 1.82) is 0 Å². The summed E-state index contributed by atoms with van der Waals surface area (Å²) in [5.41, 5.74) is 0.974. The molecule has 0 heterocycles. The van der Waals surface area contributed by atoms with Crippen LogP contribution in [0.3, 0.4) is 0 Å². The Bertz CT molecular complexity index is 485. The summed E-state index contributed by atoms with van der Waals surface area (Å²) in [4.78, 5) is 11.3. The number of hydrogen-bond acceptors (Lipinski definition) is 2. The molecule has 1 aromatic rings. The number of aromatic carboxylic acids is 1. The molecule has 0 aromatic heterocycles. The Labute approximate surface area is 119 Å². The van der Waals surface area contributed by atoms with Gasteiger partial charge in [0, 0.05) is 6.04 Å². The van der Waals surface area contributed by atoms with Crippen molar-refractivity contribution in [2.75, 3.05) is 5.32 Å². The molecule has 1 fully saturated rings. The largest absolute Gasteiger partial charge is 0.478 e. The van der Waals surface area contributed by atoms with Crippen molar-refractivity contribution >= 4 is 23.3 Å². The summed E-state index contributed by atoms with van der Waals surface area (Å²) in [5.74, 6) is -0.985. The smallest absolute Gasteiger partial charge is 0.339 e. The van der Waals surface area contributed by atoms with Crippen LogP contribution in [0.2, 0.25) is 5.02 Å². The third-order valence-corrected chi connectivity index (χ3v) is 4.38. The maximum atomic E-state index is 11.3. The van der Waals surface area contributed by atoms with Gasteiger partial charge >= 0.3 is 5.97 Å². The van der Waals surface area contributed by atoms with E-state index in [-0.39, 0.29) is 22.0 Å². The van der Waals surface area contributed by atoms with Gasteiger partial charge in [-0.1, -0.05) is 44.4 Å². The number of anilines is 1. The van der Waals surface area contributed by atoms with Crippen LogP contribution in [0.15, 0.2) is 18.2 Å². The number of hydrogen-bond donors (Lipinski definition) is 2. The van der Waals surface area contributed by atoms with Gasteiger partial charge in [0.2, 0.25) is 0 Å². The van der Waals surface area contributed by atoms with E-state index in [1.165, 1.54) is 12.8 Å². The number of carbonyl (C=O) groups is 1. The van der Waals surface area contributed by atoms with Crippen LogP contribution in [0.4, 0.5) is 5.69 Å². The quantitative estimate of drug-likeness (QED) is 0.862. The van der Waals surface area contributed by atoms with Gasteiger partial charge in [-0.15, -0.1) is 0 Å². The first kappa shape index (κ1) is 14.2. The van der Waals surface area contributed by atoms with Crippen molar-refractivity contribution < 1.29 is 9.90 Å². The Morgan fingerprint density at radius 1 is 1.42 bits per heavy atom. The van der Waals surface area contributed by atoms with Crippen LogP contribution in [0.1, 0.15) is 49.9 Å². The van der Waals surface area contributed by atoms with Crippen molar-refractivity contribution in [3.05, 3.63) is 28.8 Å². The highest BCUT2D eigenvalue weighted by atomic mass is 35.5. The molecule has 1 aromatic carbocycles. The molecule has 19 heavy (non-hydrogen) atoms. The molecule has 3 nitrogen and oxygen atoms in total. The summed E-state index contributed by atoms with van der Waals surface area (Å²) in [5, 5.41) is 13.0. The van der Waals surface area contributed by atoms with Crippen LogP contribution in [0.25, 0.3) is 0 Å². The highest BCUT2D eigenvalue weighted by molar-refractivity contribution is 6.34. The SMILES string of the molecule is CC1(C)CCCCC1Nc1cccc(Cl)c1C(=O)O. The number of rotatable bonds is 3. The number of nitrogens with one attached hydrogen (secondary N) is 1. The molecule has 0 saturated heterocycles. The van der Waals surface area contributed by atoms with Gasteiger partial charge in [0.15, 0.2) is 0 Å². The second-order valence-electron chi connectivity index (χ2n) is 5.90. The second-order valence-corrected chi connectivity index (χ2v) is 6.31. The average Bonchev–Trinajstić information content (AvgIpc) is 2.31. The van der Waals surface area contributed by atoms with E-state index in [0.717, 1.165) is 12.8 Å². The lowest BCUT2D eigenvalue weighted by Gasteiger charge is -2.40. The summed E-state index contributed by atoms with van der Waals surface area (Å²) < 4.78 is 0. The van der Waals surface area contributed by atoms with Crippen molar-refractivity contribution in [3.63, 3.8) is 0 Å². The molecule has 1 unspecified atom stereocenters. The number of carboxylic acids is 1. The van der Waals surface area contributed by atoms with Gasteiger partial charge in [-0.3, -0.25) is 0 Å². The maximum absolute atomic E-state index is 11.3. The molecule has 0 aliphatic heterocycles. The van der Waals surface area contributed by atoms with Crippen LogP contribution in [0.5, 0.6) is 0 Å². The Morgan fingerprint density at radius 3 is 2.79 bits per heavy atom. The van der Waals surface area contributed by atoms with Gasteiger partial charge in [-0.2, -0.15) is 0 Å². The Morgan fingerprint density at radius 2 is 2.16 bits per heavy atom. The average molecular weight is 282 g/mol. The van der Waals surface area contributed by atoms with E-state index >= 15 is 0 Å². The van der Waals surface area contributed by atoms with E-state index in [4.69, 9.17) is 11.6 Å². The fourth-order valence-corrected chi connectivity index (χ4v) is 3.07. The van der Waals surface area contributed by atoms with E-state index in [1.807, 2.05) is 0 Å². The Kier molecular flexibility index (Phi) is 4.04. The lowest BCUT2D eigenvalue weighted by atomic mass is 9.73. The zero-order valence-electron chi connectivity index (χ0n) is 11.4. The van der Waals surface area contributed by atoms with E-state index < -0.39 is 5.97 Å². The zero-order valence-corrected chi connectivity index (χ0v) is 12.1. The summed E-state index contributed by atoms with van der Waals surface area (Å²) in [6, 6.07) is 5.48. The minimum Gasteiger partial charge on any atom is -0.478 e. The van der Waals surface area contributed by atoms with Crippen molar-refractivity contribution in [3.8, 4) is 0 Å². The third kappa shape index (κ3) is 3.03. The zero-order chi connectivity index (χ0) is 14.0. The molecule has 4 heteroatoms. The highest BCUT2D eigenvalue weighted by Crippen LogP contribution is 2.38. The molecule has 0 bridgehead atoms. The summed E-state index contributed by atoms with van der Waals surface area (Å²) in [7, 11) is 0. The van der Waals surface area contributed by atoms with Gasteiger partial charge < -0.3 is 10.4 Å². The summed E-state index contributed by atoms with van der Waals surface area (Å²) in [6.07, 6.45) is 4.66.